The second-order valence-electron chi connectivity index (χ2n) is 5.85. The third-order valence-electron chi connectivity index (χ3n) is 4.33. The molecule has 1 N–H and O–H groups in total. The number of hydrogen-bond donors (Lipinski definition) is 1. The fourth-order valence-corrected chi connectivity index (χ4v) is 4.17. The van der Waals surface area contributed by atoms with Gasteiger partial charge in [0, 0.05) is 22.2 Å². The quantitative estimate of drug-likeness (QED) is 0.683. The van der Waals surface area contributed by atoms with Crippen LogP contribution in [0.25, 0.3) is 10.1 Å². The molecule has 3 rings (SSSR count). The summed E-state index contributed by atoms with van der Waals surface area (Å²) in [6, 6.07) is 8.41. The van der Waals surface area contributed by atoms with E-state index in [4.69, 9.17) is 14.2 Å². The van der Waals surface area contributed by atoms with Gasteiger partial charge in [-0.3, -0.25) is 4.79 Å². The fourth-order valence-electron chi connectivity index (χ4n) is 3.03. The monoisotopic (exact) mass is 389 g/mol. The van der Waals surface area contributed by atoms with Crippen molar-refractivity contribution in [1.82, 2.24) is 5.32 Å². The van der Waals surface area contributed by atoms with Gasteiger partial charge in [-0.2, -0.15) is 0 Å². The fraction of sp³-hybridized carbons (Fsp3) is 0.250. The largest absolute Gasteiger partial charge is 0.493 e. The molecule has 1 aromatic heterocycles. The van der Waals surface area contributed by atoms with Gasteiger partial charge in [0.2, 0.25) is 5.75 Å². The number of ether oxygens (including phenoxy) is 3. The zero-order valence-corrected chi connectivity index (χ0v) is 16.3. The molecule has 5 nitrogen and oxygen atoms in total. The normalized spacial score (nSPS) is 10.7. The molecule has 0 unspecified atom stereocenters. The molecule has 0 atom stereocenters. The number of methoxy groups -OCH3 is 3. The Balaban J connectivity index is 1.86. The van der Waals surface area contributed by atoms with Gasteiger partial charge in [0.25, 0.3) is 5.91 Å². The molecule has 7 heteroatoms. The minimum atomic E-state index is -0.318. The molecule has 0 saturated carbocycles. The number of carbonyl (C=O) groups is 1. The summed E-state index contributed by atoms with van der Waals surface area (Å²) in [5.41, 5.74) is 1.39. The number of nitrogens with one attached hydrogen (secondary N) is 1. The molecule has 2 aromatic carbocycles. The van der Waals surface area contributed by atoms with E-state index in [0.717, 1.165) is 10.3 Å². The van der Waals surface area contributed by atoms with E-state index in [1.165, 1.54) is 31.6 Å². The van der Waals surface area contributed by atoms with E-state index < -0.39 is 0 Å². The van der Waals surface area contributed by atoms with Crippen LogP contribution >= 0.6 is 11.3 Å². The van der Waals surface area contributed by atoms with Crippen molar-refractivity contribution in [2.45, 2.75) is 13.5 Å². The van der Waals surface area contributed by atoms with Crippen LogP contribution in [0.5, 0.6) is 17.2 Å². The zero-order valence-electron chi connectivity index (χ0n) is 15.5. The van der Waals surface area contributed by atoms with Crippen LogP contribution in [0, 0.1) is 12.7 Å². The van der Waals surface area contributed by atoms with Gasteiger partial charge in [-0.1, -0.05) is 6.07 Å². The van der Waals surface area contributed by atoms with Crippen LogP contribution < -0.4 is 19.5 Å². The molecule has 0 bridgehead atoms. The average Bonchev–Trinajstić information content (AvgIpc) is 3.03. The number of carbonyl (C=O) groups excluding carboxylic acids is 1. The molecular weight excluding hydrogens is 369 g/mol. The van der Waals surface area contributed by atoms with E-state index in [-0.39, 0.29) is 18.3 Å². The van der Waals surface area contributed by atoms with Crippen LogP contribution in [-0.4, -0.2) is 27.2 Å². The standard InChI is InChI=1S/C20H20FNO4S/c1-11-16-13(21)6-5-7-15(16)27-19(11)20(23)22-10-12-8-9-14(24-2)18(26-4)17(12)25-3/h5-9H,10H2,1-4H3,(H,22,23). The SMILES string of the molecule is COc1ccc(CNC(=O)c2sc3cccc(F)c3c2C)c(OC)c1OC. The molecule has 0 fully saturated rings. The van der Waals surface area contributed by atoms with Crippen LogP contribution in [0.3, 0.4) is 0 Å². The zero-order chi connectivity index (χ0) is 19.6. The van der Waals surface area contributed by atoms with Crippen molar-refractivity contribution < 1.29 is 23.4 Å². The van der Waals surface area contributed by atoms with Gasteiger partial charge >= 0.3 is 0 Å². The number of hydrogen-bond acceptors (Lipinski definition) is 5. The number of halogens is 1. The van der Waals surface area contributed by atoms with Crippen molar-refractivity contribution in [1.29, 1.82) is 0 Å². The van der Waals surface area contributed by atoms with Crippen molar-refractivity contribution in [2.24, 2.45) is 0 Å². The summed E-state index contributed by atoms with van der Waals surface area (Å²) in [5.74, 6) is 0.926. The van der Waals surface area contributed by atoms with Gasteiger partial charge in [0.15, 0.2) is 11.5 Å². The molecule has 3 aromatic rings. The summed E-state index contributed by atoms with van der Waals surface area (Å²) in [7, 11) is 4.60. The molecule has 0 saturated heterocycles. The molecule has 142 valence electrons. The van der Waals surface area contributed by atoms with Crippen molar-refractivity contribution in [2.75, 3.05) is 21.3 Å². The van der Waals surface area contributed by atoms with Crippen LogP contribution in [0.1, 0.15) is 20.8 Å². The minimum absolute atomic E-state index is 0.235. The first kappa shape index (κ1) is 19.0. The molecule has 27 heavy (non-hydrogen) atoms. The van der Waals surface area contributed by atoms with E-state index in [0.29, 0.717) is 33.1 Å². The van der Waals surface area contributed by atoms with E-state index in [1.807, 2.05) is 6.07 Å². The van der Waals surface area contributed by atoms with Crippen LogP contribution in [0.2, 0.25) is 0 Å². The predicted octanol–water partition coefficient (Wildman–Crippen LogP) is 4.30. The van der Waals surface area contributed by atoms with E-state index in [1.54, 1.807) is 32.2 Å². The highest BCUT2D eigenvalue weighted by atomic mass is 32.1. The minimum Gasteiger partial charge on any atom is -0.493 e. The molecule has 0 aliphatic carbocycles. The lowest BCUT2D eigenvalue weighted by Crippen LogP contribution is -2.23. The third kappa shape index (κ3) is 3.42. The maximum Gasteiger partial charge on any atom is 0.261 e. The Hall–Kier alpha value is -2.80. The molecule has 0 aliphatic heterocycles. The Morgan fingerprint density at radius 2 is 1.81 bits per heavy atom. The van der Waals surface area contributed by atoms with E-state index >= 15 is 0 Å². The predicted molar refractivity (Wildman–Crippen MR) is 104 cm³/mol. The van der Waals surface area contributed by atoms with Gasteiger partial charge in [0.05, 0.1) is 26.2 Å². The lowest BCUT2D eigenvalue weighted by atomic mass is 10.1. The maximum absolute atomic E-state index is 14.1. The summed E-state index contributed by atoms with van der Waals surface area (Å²) >= 11 is 1.28. The summed E-state index contributed by atoms with van der Waals surface area (Å²) in [6.45, 7) is 1.99. The van der Waals surface area contributed by atoms with Crippen molar-refractivity contribution in [3.8, 4) is 17.2 Å². The number of fused-ring (bicyclic) bond motifs is 1. The highest BCUT2D eigenvalue weighted by Gasteiger charge is 2.20. The molecule has 1 amide bonds. The second-order valence-corrected chi connectivity index (χ2v) is 6.90. The average molecular weight is 389 g/mol. The van der Waals surface area contributed by atoms with Gasteiger partial charge in [-0.05, 0) is 36.8 Å². The van der Waals surface area contributed by atoms with Crippen molar-refractivity contribution in [3.63, 3.8) is 0 Å². The highest BCUT2D eigenvalue weighted by molar-refractivity contribution is 7.21. The maximum atomic E-state index is 14.1. The summed E-state index contributed by atoms with van der Waals surface area (Å²) in [4.78, 5) is 13.2. The smallest absolute Gasteiger partial charge is 0.261 e. The number of benzene rings is 2. The summed E-state index contributed by atoms with van der Waals surface area (Å²) in [6.07, 6.45) is 0. The van der Waals surface area contributed by atoms with Gasteiger partial charge in [-0.15, -0.1) is 11.3 Å². The van der Waals surface area contributed by atoms with Gasteiger partial charge in [-0.25, -0.2) is 4.39 Å². The number of amides is 1. The molecule has 0 radical (unpaired) electrons. The number of thiophene rings is 1. The van der Waals surface area contributed by atoms with Gasteiger partial charge < -0.3 is 19.5 Å². The lowest BCUT2D eigenvalue weighted by molar-refractivity contribution is 0.0954. The first-order valence-electron chi connectivity index (χ1n) is 8.25. The third-order valence-corrected chi connectivity index (χ3v) is 5.59. The van der Waals surface area contributed by atoms with Crippen LogP contribution in [-0.2, 0) is 6.54 Å². The Bertz CT molecular complexity index is 999. The topological polar surface area (TPSA) is 56.8 Å². The molecule has 0 aliphatic rings. The van der Waals surface area contributed by atoms with Crippen molar-refractivity contribution in [3.05, 3.63) is 52.2 Å². The molecule has 0 spiro atoms. The first-order chi connectivity index (χ1) is 13.0. The van der Waals surface area contributed by atoms with Gasteiger partial charge in [0.1, 0.15) is 5.82 Å². The van der Waals surface area contributed by atoms with Crippen LogP contribution in [0.4, 0.5) is 4.39 Å². The first-order valence-corrected chi connectivity index (χ1v) is 9.07. The van der Waals surface area contributed by atoms with E-state index in [2.05, 4.69) is 5.32 Å². The summed E-state index contributed by atoms with van der Waals surface area (Å²) in [5, 5.41) is 3.37. The summed E-state index contributed by atoms with van der Waals surface area (Å²) < 4.78 is 30.9. The number of rotatable bonds is 6. The Kier molecular flexibility index (Phi) is 5.51. The highest BCUT2D eigenvalue weighted by Crippen LogP contribution is 2.39. The Morgan fingerprint density at radius 1 is 1.07 bits per heavy atom. The van der Waals surface area contributed by atoms with E-state index in [9.17, 15) is 9.18 Å². The Morgan fingerprint density at radius 3 is 2.44 bits per heavy atom. The molecular formula is C20H20FNO4S. The molecule has 1 heterocycles. The lowest BCUT2D eigenvalue weighted by Gasteiger charge is -2.16. The second kappa shape index (κ2) is 7.84. The van der Waals surface area contributed by atoms with Crippen molar-refractivity contribution >= 4 is 27.3 Å². The number of aryl methyl sites for hydroxylation is 1. The van der Waals surface area contributed by atoms with Crippen LogP contribution in [0.15, 0.2) is 30.3 Å². The Labute approximate surface area is 160 Å².